The van der Waals surface area contributed by atoms with Gasteiger partial charge in [0.1, 0.15) is 11.5 Å². The van der Waals surface area contributed by atoms with Crippen LogP contribution in [-0.4, -0.2) is 42.4 Å². The molecule has 0 fully saturated rings. The van der Waals surface area contributed by atoms with Gasteiger partial charge in [0.25, 0.3) is 5.91 Å². The largest absolute Gasteiger partial charge is 0.492 e. The molecule has 2 aromatic rings. The topological polar surface area (TPSA) is 94.1 Å². The van der Waals surface area contributed by atoms with Gasteiger partial charge in [-0.25, -0.2) is 4.79 Å². The SMILES string of the molecule is CCOc1ccc(CC(OC(C)C)C(=O)O)cc1NC(=O)COc1ccc(Cl)cc1Cl. The third-order valence-electron chi connectivity index (χ3n) is 4.00. The number of nitrogens with one attached hydrogen (secondary N) is 1. The number of carboxylic acids is 1. The van der Waals surface area contributed by atoms with Gasteiger partial charge < -0.3 is 24.6 Å². The van der Waals surface area contributed by atoms with Crippen LogP contribution in [0.3, 0.4) is 0 Å². The summed E-state index contributed by atoms with van der Waals surface area (Å²) in [6, 6.07) is 9.78. The van der Waals surface area contributed by atoms with Gasteiger partial charge in [-0.2, -0.15) is 0 Å². The molecule has 0 spiro atoms. The minimum atomic E-state index is -1.05. The number of amides is 1. The molecule has 0 aliphatic carbocycles. The molecule has 1 atom stereocenters. The van der Waals surface area contributed by atoms with Crippen molar-refractivity contribution >= 4 is 40.8 Å². The lowest BCUT2D eigenvalue weighted by atomic mass is 10.1. The summed E-state index contributed by atoms with van der Waals surface area (Å²) < 4.78 is 16.5. The first-order valence-corrected chi connectivity index (χ1v) is 10.5. The van der Waals surface area contributed by atoms with Crippen LogP contribution < -0.4 is 14.8 Å². The van der Waals surface area contributed by atoms with Crippen LogP contribution in [0.5, 0.6) is 11.5 Å². The van der Waals surface area contributed by atoms with Crippen LogP contribution in [0.4, 0.5) is 5.69 Å². The smallest absolute Gasteiger partial charge is 0.333 e. The highest BCUT2D eigenvalue weighted by atomic mass is 35.5. The predicted octanol–water partition coefficient (Wildman–Crippen LogP) is 4.83. The van der Waals surface area contributed by atoms with E-state index in [4.69, 9.17) is 37.4 Å². The minimum absolute atomic E-state index is 0.139. The second-order valence-electron chi connectivity index (χ2n) is 6.89. The molecule has 168 valence electrons. The molecule has 0 aliphatic rings. The molecule has 0 heterocycles. The number of anilines is 1. The zero-order chi connectivity index (χ0) is 23.0. The Hall–Kier alpha value is -2.48. The van der Waals surface area contributed by atoms with E-state index in [9.17, 15) is 14.7 Å². The monoisotopic (exact) mass is 469 g/mol. The van der Waals surface area contributed by atoms with Gasteiger partial charge in [0.05, 0.1) is 23.4 Å². The third kappa shape index (κ3) is 7.94. The van der Waals surface area contributed by atoms with Crippen molar-refractivity contribution in [2.45, 2.75) is 39.4 Å². The molecule has 2 rings (SSSR count). The average Bonchev–Trinajstić information content (AvgIpc) is 2.68. The molecule has 7 nitrogen and oxygen atoms in total. The Morgan fingerprint density at radius 3 is 2.39 bits per heavy atom. The number of hydrogen-bond acceptors (Lipinski definition) is 5. The molecule has 0 radical (unpaired) electrons. The standard InChI is InChI=1S/C22H25Cl2NO6/c1-4-29-19-7-5-14(10-20(22(27)28)31-13(2)3)9-17(19)25-21(26)12-30-18-8-6-15(23)11-16(18)24/h5-9,11,13,20H,4,10,12H2,1-3H3,(H,25,26)(H,27,28). The number of rotatable bonds is 11. The normalized spacial score (nSPS) is 11.8. The van der Waals surface area contributed by atoms with E-state index < -0.39 is 18.0 Å². The van der Waals surface area contributed by atoms with E-state index in [1.165, 1.54) is 6.07 Å². The summed E-state index contributed by atoms with van der Waals surface area (Å²) in [5.74, 6) is -0.699. The number of carbonyl (C=O) groups excluding carboxylic acids is 1. The lowest BCUT2D eigenvalue weighted by molar-refractivity contribution is -0.153. The van der Waals surface area contributed by atoms with E-state index >= 15 is 0 Å². The third-order valence-corrected chi connectivity index (χ3v) is 4.53. The molecule has 0 aliphatic heterocycles. The van der Waals surface area contributed by atoms with Gasteiger partial charge in [-0.15, -0.1) is 0 Å². The van der Waals surface area contributed by atoms with Gasteiger partial charge in [-0.3, -0.25) is 4.79 Å². The maximum absolute atomic E-state index is 12.4. The summed E-state index contributed by atoms with van der Waals surface area (Å²) in [5, 5.41) is 12.9. The maximum Gasteiger partial charge on any atom is 0.333 e. The fourth-order valence-corrected chi connectivity index (χ4v) is 3.20. The van der Waals surface area contributed by atoms with E-state index in [0.29, 0.717) is 39.4 Å². The van der Waals surface area contributed by atoms with Crippen molar-refractivity contribution in [2.75, 3.05) is 18.5 Å². The summed E-state index contributed by atoms with van der Waals surface area (Å²) in [7, 11) is 0. The first kappa shape index (κ1) is 24.8. The van der Waals surface area contributed by atoms with Gasteiger partial charge in [0, 0.05) is 11.4 Å². The molecule has 1 unspecified atom stereocenters. The minimum Gasteiger partial charge on any atom is -0.492 e. The Kier molecular flexibility index (Phi) is 9.43. The van der Waals surface area contributed by atoms with Crippen molar-refractivity contribution in [1.29, 1.82) is 0 Å². The molecule has 2 aromatic carbocycles. The van der Waals surface area contributed by atoms with Crippen molar-refractivity contribution in [1.82, 2.24) is 0 Å². The Morgan fingerprint density at radius 2 is 1.77 bits per heavy atom. The van der Waals surface area contributed by atoms with Crippen LogP contribution in [0, 0.1) is 0 Å². The average molecular weight is 470 g/mol. The molecule has 9 heteroatoms. The highest BCUT2D eigenvalue weighted by molar-refractivity contribution is 6.35. The first-order chi connectivity index (χ1) is 14.7. The Labute approximate surface area is 191 Å². The van der Waals surface area contributed by atoms with E-state index in [0.717, 1.165) is 0 Å². The van der Waals surface area contributed by atoms with Crippen LogP contribution in [0.25, 0.3) is 0 Å². The van der Waals surface area contributed by atoms with Crippen LogP contribution in [0.1, 0.15) is 26.3 Å². The Bertz CT molecular complexity index is 919. The van der Waals surface area contributed by atoms with Crippen molar-refractivity contribution in [3.05, 3.63) is 52.0 Å². The molecule has 31 heavy (non-hydrogen) atoms. The van der Waals surface area contributed by atoms with Gasteiger partial charge in [-0.1, -0.05) is 29.3 Å². The number of carboxylic acid groups (broad SMARTS) is 1. The molecule has 0 saturated carbocycles. The van der Waals surface area contributed by atoms with Crippen LogP contribution in [0.2, 0.25) is 10.0 Å². The van der Waals surface area contributed by atoms with E-state index in [-0.39, 0.29) is 19.1 Å². The Morgan fingerprint density at radius 1 is 1.06 bits per heavy atom. The van der Waals surface area contributed by atoms with Gasteiger partial charge >= 0.3 is 5.97 Å². The van der Waals surface area contributed by atoms with Crippen LogP contribution in [-0.2, 0) is 20.7 Å². The highest BCUT2D eigenvalue weighted by Gasteiger charge is 2.21. The van der Waals surface area contributed by atoms with Gasteiger partial charge in [0.2, 0.25) is 0 Å². The second kappa shape index (κ2) is 11.8. The zero-order valence-corrected chi connectivity index (χ0v) is 19.0. The summed E-state index contributed by atoms with van der Waals surface area (Å²) in [4.78, 5) is 23.9. The molecule has 0 saturated heterocycles. The fraction of sp³-hybridized carbons (Fsp3) is 0.364. The van der Waals surface area contributed by atoms with Gasteiger partial charge in [-0.05, 0) is 56.7 Å². The molecular formula is C22H25Cl2NO6. The number of ether oxygens (including phenoxy) is 3. The number of aliphatic carboxylic acids is 1. The Balaban J connectivity index is 2.12. The molecule has 1 amide bonds. The maximum atomic E-state index is 12.4. The van der Waals surface area contributed by atoms with Crippen molar-refractivity contribution in [3.63, 3.8) is 0 Å². The number of carbonyl (C=O) groups is 2. The number of hydrogen-bond donors (Lipinski definition) is 2. The van der Waals surface area contributed by atoms with Crippen LogP contribution >= 0.6 is 23.2 Å². The molecule has 0 aromatic heterocycles. The number of halogens is 2. The quantitative estimate of drug-likeness (QED) is 0.489. The van der Waals surface area contributed by atoms with Crippen molar-refractivity contribution in [2.24, 2.45) is 0 Å². The summed E-state index contributed by atoms with van der Waals surface area (Å²) in [5.41, 5.74) is 1.08. The van der Waals surface area contributed by atoms with E-state index in [2.05, 4.69) is 5.32 Å². The van der Waals surface area contributed by atoms with E-state index in [1.807, 2.05) is 6.92 Å². The number of benzene rings is 2. The fourth-order valence-electron chi connectivity index (χ4n) is 2.74. The lowest BCUT2D eigenvalue weighted by Gasteiger charge is -2.18. The summed E-state index contributed by atoms with van der Waals surface area (Å²) in [6.45, 7) is 5.47. The molecular weight excluding hydrogens is 445 g/mol. The zero-order valence-electron chi connectivity index (χ0n) is 17.5. The second-order valence-corrected chi connectivity index (χ2v) is 7.73. The van der Waals surface area contributed by atoms with Crippen molar-refractivity contribution < 1.29 is 28.9 Å². The lowest BCUT2D eigenvalue weighted by Crippen LogP contribution is -2.29. The molecule has 2 N–H and O–H groups in total. The van der Waals surface area contributed by atoms with Crippen LogP contribution in [0.15, 0.2) is 36.4 Å². The van der Waals surface area contributed by atoms with Gasteiger partial charge in [0.15, 0.2) is 12.7 Å². The summed E-state index contributed by atoms with van der Waals surface area (Å²) in [6.07, 6.45) is -1.10. The molecule has 0 bridgehead atoms. The highest BCUT2D eigenvalue weighted by Crippen LogP contribution is 2.29. The first-order valence-electron chi connectivity index (χ1n) is 9.71. The van der Waals surface area contributed by atoms with Crippen molar-refractivity contribution in [3.8, 4) is 11.5 Å². The predicted molar refractivity (Wildman–Crippen MR) is 120 cm³/mol. The summed E-state index contributed by atoms with van der Waals surface area (Å²) >= 11 is 11.9. The van der Waals surface area contributed by atoms with E-state index in [1.54, 1.807) is 44.2 Å².